The maximum Gasteiger partial charge on any atom is 0.0387 e. The van der Waals surface area contributed by atoms with Crippen LogP contribution in [0.5, 0.6) is 0 Å². The molecule has 7 rings (SSSR count). The Morgan fingerprint density at radius 3 is 1.86 bits per heavy atom. The molecule has 4 aromatic rings. The van der Waals surface area contributed by atoms with Crippen molar-refractivity contribution in [3.63, 3.8) is 0 Å². The molecule has 0 aromatic heterocycles. The number of rotatable bonds is 4. The number of nitrogens with one attached hydrogen (secondary N) is 1. The summed E-state index contributed by atoms with van der Waals surface area (Å²) >= 11 is 0. The van der Waals surface area contributed by atoms with Gasteiger partial charge in [-0.1, -0.05) is 109 Å². The third-order valence-corrected chi connectivity index (χ3v) is 11.1. The molecule has 216 valence electrons. The summed E-state index contributed by atoms with van der Waals surface area (Å²) in [5, 5.41) is 3.71. The van der Waals surface area contributed by atoms with Gasteiger partial charge >= 0.3 is 0 Å². The van der Waals surface area contributed by atoms with Gasteiger partial charge in [0.1, 0.15) is 0 Å². The first kappa shape index (κ1) is 27.5. The molecule has 0 radical (unpaired) electrons. The molecule has 0 spiro atoms. The fraction of sp³-hybridized carbons (Fsp3) is 0.415. The molecule has 0 atom stereocenters. The molecule has 1 fully saturated rings. The third kappa shape index (κ3) is 4.61. The van der Waals surface area contributed by atoms with Gasteiger partial charge in [-0.15, -0.1) is 0 Å². The fourth-order valence-corrected chi connectivity index (χ4v) is 8.22. The maximum atomic E-state index is 3.71. The average Bonchev–Trinajstić information content (AvgIpc) is 3.21. The van der Waals surface area contributed by atoms with Crippen LogP contribution >= 0.6 is 0 Å². The van der Waals surface area contributed by atoms with E-state index < -0.39 is 0 Å². The molecule has 0 unspecified atom stereocenters. The summed E-state index contributed by atoms with van der Waals surface area (Å²) in [7, 11) is 0. The first-order valence-corrected chi connectivity index (χ1v) is 16.3. The zero-order valence-electron chi connectivity index (χ0n) is 26.5. The van der Waals surface area contributed by atoms with Crippen LogP contribution in [-0.4, -0.2) is 0 Å². The summed E-state index contributed by atoms with van der Waals surface area (Å²) in [5.41, 5.74) is 15.6. The quantitative estimate of drug-likeness (QED) is 0.265. The highest BCUT2D eigenvalue weighted by Gasteiger charge is 2.38. The molecule has 3 aliphatic rings. The van der Waals surface area contributed by atoms with Crippen LogP contribution < -0.4 is 5.32 Å². The van der Waals surface area contributed by atoms with E-state index in [2.05, 4.69) is 126 Å². The lowest BCUT2D eigenvalue weighted by atomic mass is 9.63. The van der Waals surface area contributed by atoms with Crippen molar-refractivity contribution in [1.82, 2.24) is 0 Å². The normalized spacial score (nSPS) is 20.0. The molecule has 3 aliphatic carbocycles. The predicted octanol–water partition coefficient (Wildman–Crippen LogP) is 11.8. The van der Waals surface area contributed by atoms with Crippen LogP contribution in [0, 0.1) is 0 Å². The van der Waals surface area contributed by atoms with E-state index in [4.69, 9.17) is 0 Å². The fourth-order valence-electron chi connectivity index (χ4n) is 8.22. The second-order valence-electron chi connectivity index (χ2n) is 15.3. The molecule has 0 bridgehead atoms. The van der Waals surface area contributed by atoms with Crippen LogP contribution in [0.1, 0.15) is 120 Å². The lowest BCUT2D eigenvalue weighted by molar-refractivity contribution is 0.332. The number of hydrogen-bond acceptors (Lipinski definition) is 1. The van der Waals surface area contributed by atoms with E-state index in [0.717, 1.165) is 5.92 Å². The van der Waals surface area contributed by atoms with E-state index in [1.165, 1.54) is 106 Å². The van der Waals surface area contributed by atoms with Crippen LogP contribution in [-0.2, 0) is 16.2 Å². The van der Waals surface area contributed by atoms with Gasteiger partial charge in [0, 0.05) is 16.8 Å². The van der Waals surface area contributed by atoms with Crippen LogP contribution in [0.3, 0.4) is 0 Å². The van der Waals surface area contributed by atoms with E-state index >= 15 is 0 Å². The van der Waals surface area contributed by atoms with E-state index in [9.17, 15) is 0 Å². The molecule has 4 aromatic carbocycles. The zero-order valence-corrected chi connectivity index (χ0v) is 26.5. The summed E-state index contributed by atoms with van der Waals surface area (Å²) in [5.74, 6) is 0.747. The Morgan fingerprint density at radius 1 is 0.524 bits per heavy atom. The Hall–Kier alpha value is -3.32. The van der Waals surface area contributed by atoms with Gasteiger partial charge in [-0.25, -0.2) is 0 Å². The molecule has 1 heteroatoms. The topological polar surface area (TPSA) is 12.0 Å². The van der Waals surface area contributed by atoms with E-state index in [1.807, 2.05) is 0 Å². The Morgan fingerprint density at radius 2 is 1.14 bits per heavy atom. The van der Waals surface area contributed by atoms with Crippen molar-refractivity contribution in [3.05, 3.63) is 107 Å². The van der Waals surface area contributed by atoms with Gasteiger partial charge in [-0.3, -0.25) is 0 Å². The smallest absolute Gasteiger partial charge is 0.0387 e. The molecule has 1 N–H and O–H groups in total. The van der Waals surface area contributed by atoms with Crippen molar-refractivity contribution in [2.24, 2.45) is 0 Å². The van der Waals surface area contributed by atoms with Crippen molar-refractivity contribution in [3.8, 4) is 22.3 Å². The minimum atomic E-state index is -0.0341. The van der Waals surface area contributed by atoms with Crippen LogP contribution in [0.2, 0.25) is 0 Å². The predicted molar refractivity (Wildman–Crippen MR) is 180 cm³/mol. The molecule has 0 aliphatic heterocycles. The Labute approximate surface area is 253 Å². The largest absolute Gasteiger partial charge is 0.356 e. The van der Waals surface area contributed by atoms with Gasteiger partial charge < -0.3 is 5.32 Å². The van der Waals surface area contributed by atoms with Gasteiger partial charge in [-0.05, 0) is 123 Å². The minimum absolute atomic E-state index is 0.0341. The number of hydrogen-bond donors (Lipinski definition) is 1. The molecule has 0 heterocycles. The number of fused-ring (bicyclic) bond motifs is 4. The Balaban J connectivity index is 1.19. The van der Waals surface area contributed by atoms with E-state index in [0.29, 0.717) is 0 Å². The molecule has 0 amide bonds. The van der Waals surface area contributed by atoms with Gasteiger partial charge in [0.2, 0.25) is 0 Å². The first-order valence-electron chi connectivity index (χ1n) is 16.3. The lowest BCUT2D eigenvalue weighted by Crippen LogP contribution is -2.33. The third-order valence-electron chi connectivity index (χ3n) is 11.1. The zero-order chi connectivity index (χ0) is 29.3. The van der Waals surface area contributed by atoms with Gasteiger partial charge in [-0.2, -0.15) is 0 Å². The summed E-state index contributed by atoms with van der Waals surface area (Å²) in [6.07, 6.45) is 9.34. The Kier molecular flexibility index (Phi) is 6.46. The van der Waals surface area contributed by atoms with Crippen molar-refractivity contribution in [2.75, 3.05) is 5.32 Å². The van der Waals surface area contributed by atoms with Crippen molar-refractivity contribution in [2.45, 2.75) is 109 Å². The second-order valence-corrected chi connectivity index (χ2v) is 15.3. The summed E-state index contributed by atoms with van der Waals surface area (Å²) in [4.78, 5) is 0. The molecular formula is C41H47N. The maximum absolute atomic E-state index is 3.71. The Bertz CT molecular complexity index is 1640. The monoisotopic (exact) mass is 553 g/mol. The number of benzene rings is 4. The minimum Gasteiger partial charge on any atom is -0.356 e. The van der Waals surface area contributed by atoms with Gasteiger partial charge in [0.05, 0.1) is 0 Å². The van der Waals surface area contributed by atoms with Gasteiger partial charge in [0.15, 0.2) is 0 Å². The standard InChI is InChI=1S/C41H47N/c1-39(2)22-23-40(3,4)38-25-30(15-21-36(38)39)29-14-20-35-34(24-29)33-19-18-32(26-37(33)41(35,5)6)42-31-16-12-28(13-17-31)27-10-8-7-9-11-27/h12-21,24-27,42H,7-11,22-23H2,1-6H3. The summed E-state index contributed by atoms with van der Waals surface area (Å²) < 4.78 is 0. The highest BCUT2D eigenvalue weighted by Crippen LogP contribution is 2.51. The van der Waals surface area contributed by atoms with Crippen LogP contribution in [0.15, 0.2) is 78.9 Å². The summed E-state index contributed by atoms with van der Waals surface area (Å²) in [6, 6.07) is 30.6. The van der Waals surface area contributed by atoms with Crippen molar-refractivity contribution < 1.29 is 0 Å². The van der Waals surface area contributed by atoms with Crippen LogP contribution in [0.25, 0.3) is 22.3 Å². The van der Waals surface area contributed by atoms with Crippen molar-refractivity contribution in [1.29, 1.82) is 0 Å². The average molecular weight is 554 g/mol. The molecule has 1 nitrogen and oxygen atoms in total. The second kappa shape index (κ2) is 9.87. The highest BCUT2D eigenvalue weighted by atomic mass is 14.9. The van der Waals surface area contributed by atoms with E-state index in [1.54, 1.807) is 0 Å². The SMILES string of the molecule is CC1(C)CCC(C)(C)c2cc(-c3ccc4c(c3)-c3ccc(Nc5ccc(C6CCCCC6)cc5)cc3C4(C)C)ccc21. The van der Waals surface area contributed by atoms with Crippen molar-refractivity contribution >= 4 is 11.4 Å². The molecule has 0 saturated heterocycles. The number of anilines is 2. The van der Waals surface area contributed by atoms with Crippen LogP contribution in [0.4, 0.5) is 11.4 Å². The molecule has 1 saturated carbocycles. The highest BCUT2D eigenvalue weighted by molar-refractivity contribution is 5.86. The molecular weight excluding hydrogens is 506 g/mol. The first-order chi connectivity index (χ1) is 20.0. The van der Waals surface area contributed by atoms with Gasteiger partial charge in [0.25, 0.3) is 0 Å². The summed E-state index contributed by atoms with van der Waals surface area (Å²) in [6.45, 7) is 14.4. The molecule has 42 heavy (non-hydrogen) atoms. The van der Waals surface area contributed by atoms with E-state index in [-0.39, 0.29) is 16.2 Å². The lowest BCUT2D eigenvalue weighted by Gasteiger charge is -2.42.